The average molecular weight is 279 g/mol. The molecule has 0 amide bonds. The molecule has 1 atom stereocenters. The highest BCUT2D eigenvalue weighted by atomic mass is 35.5. The van der Waals surface area contributed by atoms with Crippen molar-refractivity contribution < 1.29 is 4.52 Å². The van der Waals surface area contributed by atoms with Crippen LogP contribution in [0.5, 0.6) is 0 Å². The molecule has 1 aromatic carbocycles. The van der Waals surface area contributed by atoms with Gasteiger partial charge in [-0.3, -0.25) is 4.90 Å². The summed E-state index contributed by atoms with van der Waals surface area (Å²) in [4.78, 5) is 6.62. The van der Waals surface area contributed by atoms with E-state index in [4.69, 9.17) is 21.9 Å². The Kier molecular flexibility index (Phi) is 3.50. The molecule has 1 saturated heterocycles. The van der Waals surface area contributed by atoms with Crippen molar-refractivity contribution in [2.24, 2.45) is 5.73 Å². The van der Waals surface area contributed by atoms with E-state index in [9.17, 15) is 0 Å². The van der Waals surface area contributed by atoms with Gasteiger partial charge in [0.25, 0.3) is 0 Å². The molecule has 1 fully saturated rings. The van der Waals surface area contributed by atoms with Gasteiger partial charge in [0.15, 0.2) is 0 Å². The fraction of sp³-hybridized carbons (Fsp3) is 0.385. The smallest absolute Gasteiger partial charge is 0.241 e. The minimum Gasteiger partial charge on any atom is -0.338 e. The molecule has 2 N–H and O–H groups in total. The molecule has 2 heterocycles. The van der Waals surface area contributed by atoms with Gasteiger partial charge in [-0.1, -0.05) is 16.8 Å². The van der Waals surface area contributed by atoms with Gasteiger partial charge in [-0.15, -0.1) is 0 Å². The zero-order valence-electron chi connectivity index (χ0n) is 10.4. The summed E-state index contributed by atoms with van der Waals surface area (Å²) in [5, 5.41) is 4.68. The molecule has 1 aliphatic rings. The van der Waals surface area contributed by atoms with Crippen LogP contribution in [0, 0.1) is 0 Å². The number of benzene rings is 1. The van der Waals surface area contributed by atoms with Crippen molar-refractivity contribution >= 4 is 11.6 Å². The first-order valence-corrected chi connectivity index (χ1v) is 6.65. The highest BCUT2D eigenvalue weighted by molar-refractivity contribution is 6.30. The summed E-state index contributed by atoms with van der Waals surface area (Å²) in [5.74, 6) is 1.22. The van der Waals surface area contributed by atoms with Gasteiger partial charge in [0.2, 0.25) is 11.7 Å². The van der Waals surface area contributed by atoms with Gasteiger partial charge in [-0.05, 0) is 30.7 Å². The largest absolute Gasteiger partial charge is 0.338 e. The molecule has 0 radical (unpaired) electrons. The van der Waals surface area contributed by atoms with Crippen molar-refractivity contribution in [1.82, 2.24) is 15.0 Å². The van der Waals surface area contributed by atoms with E-state index in [1.54, 1.807) is 0 Å². The zero-order valence-corrected chi connectivity index (χ0v) is 11.2. The molecule has 2 aromatic rings. The van der Waals surface area contributed by atoms with Crippen LogP contribution < -0.4 is 5.73 Å². The van der Waals surface area contributed by atoms with Crippen LogP contribution in [-0.2, 0) is 6.54 Å². The third kappa shape index (κ3) is 2.94. The molecule has 0 saturated carbocycles. The lowest BCUT2D eigenvalue weighted by molar-refractivity contribution is 0.265. The number of nitrogens with zero attached hydrogens (tertiary/aromatic N) is 3. The summed E-state index contributed by atoms with van der Waals surface area (Å²) >= 11 is 5.85. The zero-order chi connectivity index (χ0) is 13.2. The summed E-state index contributed by atoms with van der Waals surface area (Å²) in [6.07, 6.45) is 1.03. The summed E-state index contributed by atoms with van der Waals surface area (Å²) in [5.41, 5.74) is 6.77. The van der Waals surface area contributed by atoms with Gasteiger partial charge in [-0.25, -0.2) is 0 Å². The summed E-state index contributed by atoms with van der Waals surface area (Å²) in [6, 6.07) is 7.64. The quantitative estimate of drug-likeness (QED) is 0.929. The SMILES string of the molecule is N[C@@H]1CCN(Cc2nc(-c3ccc(Cl)cc3)no2)C1. The van der Waals surface area contributed by atoms with Crippen LogP contribution in [0.2, 0.25) is 5.02 Å². The first kappa shape index (κ1) is 12.6. The number of hydrogen-bond acceptors (Lipinski definition) is 5. The van der Waals surface area contributed by atoms with Crippen molar-refractivity contribution in [3.63, 3.8) is 0 Å². The second-order valence-corrected chi connectivity index (χ2v) is 5.24. The number of hydrogen-bond donors (Lipinski definition) is 1. The van der Waals surface area contributed by atoms with Crippen molar-refractivity contribution in [2.75, 3.05) is 13.1 Å². The number of likely N-dealkylation sites (tertiary alicyclic amines) is 1. The van der Waals surface area contributed by atoms with Gasteiger partial charge in [-0.2, -0.15) is 4.98 Å². The van der Waals surface area contributed by atoms with E-state index in [2.05, 4.69) is 15.0 Å². The molecule has 1 aliphatic heterocycles. The third-order valence-corrected chi connectivity index (χ3v) is 3.49. The minimum atomic E-state index is 0.263. The van der Waals surface area contributed by atoms with Crippen LogP contribution in [-0.4, -0.2) is 34.2 Å². The molecular formula is C13H15ClN4O. The fourth-order valence-electron chi connectivity index (χ4n) is 2.23. The van der Waals surface area contributed by atoms with Gasteiger partial charge in [0, 0.05) is 29.7 Å². The Bertz CT molecular complexity index is 554. The third-order valence-electron chi connectivity index (χ3n) is 3.24. The Balaban J connectivity index is 1.71. The Hall–Kier alpha value is -1.43. The predicted octanol–water partition coefficient (Wildman–Crippen LogP) is 1.92. The van der Waals surface area contributed by atoms with E-state index in [1.165, 1.54) is 0 Å². The molecule has 0 spiro atoms. The minimum absolute atomic E-state index is 0.263. The van der Waals surface area contributed by atoms with Crippen LogP contribution in [0.3, 0.4) is 0 Å². The van der Waals surface area contributed by atoms with E-state index >= 15 is 0 Å². The van der Waals surface area contributed by atoms with E-state index in [1.807, 2.05) is 24.3 Å². The molecule has 3 rings (SSSR count). The molecule has 5 nitrogen and oxygen atoms in total. The average Bonchev–Trinajstić information content (AvgIpc) is 3.00. The number of aromatic nitrogens is 2. The van der Waals surface area contributed by atoms with Gasteiger partial charge < -0.3 is 10.3 Å². The lowest BCUT2D eigenvalue weighted by atomic mass is 10.2. The lowest BCUT2D eigenvalue weighted by Gasteiger charge is -2.10. The topological polar surface area (TPSA) is 68.2 Å². The normalized spacial score (nSPS) is 20.0. The van der Waals surface area contributed by atoms with Gasteiger partial charge in [0.1, 0.15) is 0 Å². The van der Waals surface area contributed by atoms with Crippen LogP contribution in [0.25, 0.3) is 11.4 Å². The Morgan fingerprint density at radius 1 is 1.37 bits per heavy atom. The number of halogens is 1. The first-order valence-electron chi connectivity index (χ1n) is 6.27. The van der Waals surface area contributed by atoms with Crippen LogP contribution in [0.15, 0.2) is 28.8 Å². The van der Waals surface area contributed by atoms with E-state index < -0.39 is 0 Å². The molecular weight excluding hydrogens is 264 g/mol. The maximum Gasteiger partial charge on any atom is 0.241 e. The van der Waals surface area contributed by atoms with E-state index in [0.717, 1.165) is 25.1 Å². The van der Waals surface area contributed by atoms with E-state index in [-0.39, 0.29) is 6.04 Å². The molecule has 0 unspecified atom stereocenters. The maximum atomic E-state index is 5.87. The number of rotatable bonds is 3. The summed E-state index contributed by atoms with van der Waals surface area (Å²) < 4.78 is 5.27. The van der Waals surface area contributed by atoms with Gasteiger partial charge >= 0.3 is 0 Å². The van der Waals surface area contributed by atoms with Crippen molar-refractivity contribution in [3.05, 3.63) is 35.2 Å². The van der Waals surface area contributed by atoms with Crippen LogP contribution >= 0.6 is 11.6 Å². The Morgan fingerprint density at radius 2 is 2.16 bits per heavy atom. The van der Waals surface area contributed by atoms with E-state index in [0.29, 0.717) is 23.3 Å². The monoisotopic (exact) mass is 278 g/mol. The second-order valence-electron chi connectivity index (χ2n) is 4.80. The highest BCUT2D eigenvalue weighted by Crippen LogP contribution is 2.19. The van der Waals surface area contributed by atoms with Crippen molar-refractivity contribution in [1.29, 1.82) is 0 Å². The van der Waals surface area contributed by atoms with Crippen LogP contribution in [0.4, 0.5) is 0 Å². The van der Waals surface area contributed by atoms with Gasteiger partial charge in [0.05, 0.1) is 6.54 Å². The predicted molar refractivity (Wildman–Crippen MR) is 72.6 cm³/mol. The summed E-state index contributed by atoms with van der Waals surface area (Å²) in [6.45, 7) is 2.53. The molecule has 19 heavy (non-hydrogen) atoms. The second kappa shape index (κ2) is 5.28. The maximum absolute atomic E-state index is 5.87. The Labute approximate surface area is 116 Å². The van der Waals surface area contributed by atoms with Crippen LogP contribution in [0.1, 0.15) is 12.3 Å². The molecule has 0 aliphatic carbocycles. The fourth-order valence-corrected chi connectivity index (χ4v) is 2.36. The standard InChI is InChI=1S/C13H15ClN4O/c14-10-3-1-9(2-4-10)13-16-12(19-17-13)8-18-6-5-11(15)7-18/h1-4,11H,5-8,15H2/t11-/m1/s1. The Morgan fingerprint density at radius 3 is 2.84 bits per heavy atom. The molecule has 1 aromatic heterocycles. The molecule has 100 valence electrons. The lowest BCUT2D eigenvalue weighted by Crippen LogP contribution is -2.26. The van der Waals surface area contributed by atoms with Crippen molar-refractivity contribution in [3.8, 4) is 11.4 Å². The number of nitrogens with two attached hydrogens (primary N) is 1. The first-order chi connectivity index (χ1) is 9.20. The van der Waals surface area contributed by atoms with Crippen molar-refractivity contribution in [2.45, 2.75) is 19.0 Å². The highest BCUT2D eigenvalue weighted by Gasteiger charge is 2.21. The summed E-state index contributed by atoms with van der Waals surface area (Å²) in [7, 11) is 0. The molecule has 0 bridgehead atoms. The molecule has 6 heteroatoms.